The zero-order chi connectivity index (χ0) is 20.6. The summed E-state index contributed by atoms with van der Waals surface area (Å²) in [5.41, 5.74) is 1.47. The van der Waals surface area contributed by atoms with Gasteiger partial charge in [-0.05, 0) is 31.9 Å². The summed E-state index contributed by atoms with van der Waals surface area (Å²) in [6.45, 7) is 5.37. The van der Waals surface area contributed by atoms with Crippen molar-refractivity contribution in [2.24, 2.45) is 0 Å². The van der Waals surface area contributed by atoms with E-state index < -0.39 is 23.7 Å². The number of carbonyl (C=O) groups is 3. The second-order valence-corrected chi connectivity index (χ2v) is 7.36. The van der Waals surface area contributed by atoms with Crippen molar-refractivity contribution in [3.05, 3.63) is 71.3 Å². The highest BCUT2D eigenvalue weighted by atomic mass is 16.6. The predicted octanol–water partition coefficient (Wildman–Crippen LogP) is 3.68. The summed E-state index contributed by atoms with van der Waals surface area (Å²) >= 11 is 0. The highest BCUT2D eigenvalue weighted by Crippen LogP contribution is 2.12. The molecule has 0 aliphatic carbocycles. The van der Waals surface area contributed by atoms with Crippen LogP contribution in [-0.2, 0) is 27.3 Å². The van der Waals surface area contributed by atoms with Crippen molar-refractivity contribution < 1.29 is 23.9 Å². The van der Waals surface area contributed by atoms with Crippen LogP contribution in [0.25, 0.3) is 0 Å². The van der Waals surface area contributed by atoms with Crippen LogP contribution in [0.5, 0.6) is 0 Å². The number of carbonyl (C=O) groups excluding carboxylic acids is 3. The molecule has 2 aromatic carbocycles. The molecule has 2 rings (SSSR count). The van der Waals surface area contributed by atoms with Gasteiger partial charge in [-0.2, -0.15) is 0 Å². The number of rotatable bonds is 7. The number of benzene rings is 2. The smallest absolute Gasteiger partial charge is 0.408 e. The number of alkyl carbamates (subject to hydrolysis) is 1. The molecule has 0 heterocycles. The molecule has 0 aliphatic rings. The molecule has 0 unspecified atom stereocenters. The lowest BCUT2D eigenvalue weighted by atomic mass is 10.0. The molecule has 1 N–H and O–H groups in total. The van der Waals surface area contributed by atoms with Crippen LogP contribution in [0.1, 0.15) is 42.3 Å². The summed E-state index contributed by atoms with van der Waals surface area (Å²) < 4.78 is 10.6. The van der Waals surface area contributed by atoms with Gasteiger partial charge in [-0.3, -0.25) is 4.79 Å². The van der Waals surface area contributed by atoms with Crippen LogP contribution in [0.2, 0.25) is 0 Å². The Labute approximate surface area is 164 Å². The molecule has 0 fully saturated rings. The first-order valence-electron chi connectivity index (χ1n) is 9.01. The van der Waals surface area contributed by atoms with Crippen LogP contribution in [0.15, 0.2) is 54.6 Å². The third kappa shape index (κ3) is 7.23. The highest BCUT2D eigenvalue weighted by Gasteiger charge is 2.27. The number of nitrogens with one attached hydrogen (secondary N) is 1. The van der Waals surface area contributed by atoms with Crippen LogP contribution in [0.4, 0.5) is 4.79 Å². The monoisotopic (exact) mass is 383 g/mol. The molecule has 0 radical (unpaired) electrons. The zero-order valence-corrected chi connectivity index (χ0v) is 16.3. The first-order chi connectivity index (χ1) is 13.3. The van der Waals surface area contributed by atoms with E-state index in [9.17, 15) is 14.4 Å². The second-order valence-electron chi connectivity index (χ2n) is 7.36. The molecular formula is C22H25NO5. The molecule has 1 amide bonds. The van der Waals surface area contributed by atoms with Crippen LogP contribution >= 0.6 is 0 Å². The van der Waals surface area contributed by atoms with Crippen molar-refractivity contribution in [3.8, 4) is 0 Å². The third-order valence-corrected chi connectivity index (χ3v) is 3.75. The molecule has 148 valence electrons. The first-order valence-corrected chi connectivity index (χ1v) is 9.01. The Hall–Kier alpha value is -3.15. The Morgan fingerprint density at radius 2 is 1.64 bits per heavy atom. The van der Waals surface area contributed by atoms with E-state index in [4.69, 9.17) is 9.47 Å². The quantitative estimate of drug-likeness (QED) is 0.583. The summed E-state index contributed by atoms with van der Waals surface area (Å²) in [4.78, 5) is 35.5. The fourth-order valence-corrected chi connectivity index (χ4v) is 2.44. The minimum Gasteiger partial charge on any atom is -0.458 e. The van der Waals surface area contributed by atoms with E-state index in [0.29, 0.717) is 5.56 Å². The van der Waals surface area contributed by atoms with Crippen molar-refractivity contribution >= 4 is 18.3 Å². The number of ether oxygens (including phenoxy) is 2. The summed E-state index contributed by atoms with van der Waals surface area (Å²) in [6.07, 6.45) is 0.257. The minimum absolute atomic E-state index is 0.0990. The van der Waals surface area contributed by atoms with Crippen molar-refractivity contribution in [2.45, 2.75) is 45.4 Å². The molecule has 0 bridgehead atoms. The third-order valence-electron chi connectivity index (χ3n) is 3.75. The maximum absolute atomic E-state index is 12.5. The Morgan fingerprint density at radius 3 is 2.21 bits per heavy atom. The van der Waals surface area contributed by atoms with Crippen LogP contribution < -0.4 is 5.32 Å². The van der Waals surface area contributed by atoms with E-state index in [0.717, 1.165) is 17.4 Å². The Balaban J connectivity index is 2.04. The lowest BCUT2D eigenvalue weighted by molar-refractivity contribution is -0.157. The van der Waals surface area contributed by atoms with Gasteiger partial charge in [0, 0.05) is 12.0 Å². The first kappa shape index (κ1) is 21.2. The van der Waals surface area contributed by atoms with Crippen molar-refractivity contribution in [1.82, 2.24) is 5.32 Å². The summed E-state index contributed by atoms with van der Waals surface area (Å²) in [5, 5.41) is 2.58. The van der Waals surface area contributed by atoms with Gasteiger partial charge in [0.05, 0.1) is 0 Å². The van der Waals surface area contributed by atoms with Gasteiger partial charge in [0.1, 0.15) is 24.5 Å². The number of aldehydes is 1. The summed E-state index contributed by atoms with van der Waals surface area (Å²) in [7, 11) is 0. The maximum atomic E-state index is 12.5. The van der Waals surface area contributed by atoms with Crippen LogP contribution in [0.3, 0.4) is 0 Å². The van der Waals surface area contributed by atoms with E-state index in [1.165, 1.54) is 0 Å². The fraction of sp³-hybridized carbons (Fsp3) is 0.318. The molecule has 0 spiro atoms. The molecule has 6 nitrogen and oxygen atoms in total. The largest absolute Gasteiger partial charge is 0.458 e. The standard InChI is InChI=1S/C22H25NO5/c1-22(2,3)28-20(25)19(13-16-9-11-17(14-24)12-10-16)23-21(26)27-15-18-7-5-4-6-8-18/h4-12,14,19H,13,15H2,1-3H3,(H,23,26)/t19-/m0/s1. The predicted molar refractivity (Wildman–Crippen MR) is 105 cm³/mol. The Kier molecular flexibility index (Phi) is 7.32. The highest BCUT2D eigenvalue weighted by molar-refractivity contribution is 5.82. The lowest BCUT2D eigenvalue weighted by Crippen LogP contribution is -2.45. The van der Waals surface area contributed by atoms with Gasteiger partial charge in [0.15, 0.2) is 0 Å². The molecule has 0 saturated carbocycles. The lowest BCUT2D eigenvalue weighted by Gasteiger charge is -2.24. The Morgan fingerprint density at radius 1 is 1.00 bits per heavy atom. The van der Waals surface area contributed by atoms with Crippen molar-refractivity contribution in [1.29, 1.82) is 0 Å². The van der Waals surface area contributed by atoms with Gasteiger partial charge in [-0.1, -0.05) is 54.6 Å². The van der Waals surface area contributed by atoms with E-state index in [2.05, 4.69) is 5.32 Å². The maximum Gasteiger partial charge on any atom is 0.408 e. The van der Waals surface area contributed by atoms with Crippen molar-refractivity contribution in [3.63, 3.8) is 0 Å². The van der Waals surface area contributed by atoms with E-state index in [1.807, 2.05) is 30.3 Å². The SMILES string of the molecule is CC(C)(C)OC(=O)[C@H](Cc1ccc(C=O)cc1)NC(=O)OCc1ccccc1. The van der Waals surface area contributed by atoms with Gasteiger partial charge < -0.3 is 14.8 Å². The number of esters is 1. The molecule has 1 atom stereocenters. The van der Waals surface area contributed by atoms with Gasteiger partial charge in [-0.25, -0.2) is 9.59 Å². The van der Waals surface area contributed by atoms with Gasteiger partial charge in [-0.15, -0.1) is 0 Å². The molecule has 0 saturated heterocycles. The average Bonchev–Trinajstić information content (AvgIpc) is 2.66. The van der Waals surface area contributed by atoms with Crippen molar-refractivity contribution in [2.75, 3.05) is 0 Å². The van der Waals surface area contributed by atoms with Crippen LogP contribution in [-0.4, -0.2) is 30.0 Å². The van der Waals surface area contributed by atoms with Gasteiger partial charge >= 0.3 is 12.1 Å². The number of amides is 1. The minimum atomic E-state index is -0.912. The fourth-order valence-electron chi connectivity index (χ4n) is 2.44. The van der Waals surface area contributed by atoms with Gasteiger partial charge in [0.2, 0.25) is 0 Å². The molecular weight excluding hydrogens is 358 g/mol. The number of hydrogen-bond acceptors (Lipinski definition) is 5. The van der Waals surface area contributed by atoms with E-state index in [-0.39, 0.29) is 13.0 Å². The van der Waals surface area contributed by atoms with Gasteiger partial charge in [0.25, 0.3) is 0 Å². The second kappa shape index (κ2) is 9.69. The molecule has 2 aromatic rings. The molecule has 28 heavy (non-hydrogen) atoms. The molecule has 0 aliphatic heterocycles. The molecule has 6 heteroatoms. The normalized spacial score (nSPS) is 12.0. The number of hydrogen-bond donors (Lipinski definition) is 1. The topological polar surface area (TPSA) is 81.7 Å². The Bertz CT molecular complexity index is 794. The molecule has 0 aromatic heterocycles. The van der Waals surface area contributed by atoms with Crippen LogP contribution in [0, 0.1) is 0 Å². The summed E-state index contributed by atoms with van der Waals surface area (Å²) in [6, 6.07) is 15.1. The zero-order valence-electron chi connectivity index (χ0n) is 16.3. The average molecular weight is 383 g/mol. The van der Waals surface area contributed by atoms with E-state index >= 15 is 0 Å². The van der Waals surface area contributed by atoms with E-state index in [1.54, 1.807) is 45.0 Å². The summed E-state index contributed by atoms with van der Waals surface area (Å²) in [5.74, 6) is -0.552.